The third-order valence-corrected chi connectivity index (χ3v) is 7.74. The van der Waals surface area contributed by atoms with Crippen LogP contribution in [0.2, 0.25) is 0 Å². The van der Waals surface area contributed by atoms with Crippen LogP contribution in [-0.4, -0.2) is 40.8 Å². The van der Waals surface area contributed by atoms with E-state index in [0.29, 0.717) is 25.1 Å². The Morgan fingerprint density at radius 1 is 0.947 bits per heavy atom. The van der Waals surface area contributed by atoms with Gasteiger partial charge in [0.1, 0.15) is 11.6 Å². The number of likely N-dealkylation sites (tertiary alicyclic amines) is 1. The number of hydrogen-bond donors (Lipinski definition) is 1. The van der Waals surface area contributed by atoms with E-state index in [1.54, 1.807) is 12.1 Å². The van der Waals surface area contributed by atoms with Crippen LogP contribution in [-0.2, 0) is 6.42 Å². The van der Waals surface area contributed by atoms with Gasteiger partial charge in [0.15, 0.2) is 0 Å². The fourth-order valence-electron chi connectivity index (χ4n) is 5.53. The minimum absolute atomic E-state index is 0.00833. The smallest absolute Gasteiger partial charge is 0.272 e. The van der Waals surface area contributed by atoms with Gasteiger partial charge in [-0.3, -0.25) is 19.7 Å². The summed E-state index contributed by atoms with van der Waals surface area (Å²) in [7, 11) is 0. The standard InChI is InChI=1S/C29H27F2N3O4/c30-22-7-3-20(4-8-22)15-19-1-5-21(6-2-19)28(36)33-13-11-29(12-14-33)17-23(18-29)32-27(35)25-10-9-24(34(37)38)16-26(25)31/h1-10,16,23H,11-15,17-18H2,(H,32,35). The van der Waals surface area contributed by atoms with Crippen molar-refractivity contribution in [1.82, 2.24) is 10.2 Å². The predicted octanol–water partition coefficient (Wildman–Crippen LogP) is 5.28. The number of carbonyl (C=O) groups excluding carboxylic acids is 2. The second-order valence-electron chi connectivity index (χ2n) is 10.3. The molecule has 0 aromatic heterocycles. The molecule has 1 saturated heterocycles. The average Bonchev–Trinajstić information content (AvgIpc) is 2.89. The molecule has 5 rings (SSSR count). The van der Waals surface area contributed by atoms with Crippen LogP contribution in [0.4, 0.5) is 14.5 Å². The van der Waals surface area contributed by atoms with Crippen LogP contribution in [0.25, 0.3) is 0 Å². The maximum absolute atomic E-state index is 14.2. The number of rotatable bonds is 6. The molecule has 0 unspecified atom stereocenters. The summed E-state index contributed by atoms with van der Waals surface area (Å²) in [6, 6.07) is 16.8. The fourth-order valence-corrected chi connectivity index (χ4v) is 5.53. The highest BCUT2D eigenvalue weighted by Crippen LogP contribution is 2.49. The van der Waals surface area contributed by atoms with Crippen LogP contribution in [0.15, 0.2) is 66.7 Å². The third kappa shape index (κ3) is 5.41. The van der Waals surface area contributed by atoms with Crippen LogP contribution < -0.4 is 5.32 Å². The molecule has 1 aliphatic heterocycles. The monoisotopic (exact) mass is 519 g/mol. The van der Waals surface area contributed by atoms with Crippen LogP contribution in [0.3, 0.4) is 0 Å². The molecular formula is C29H27F2N3O4. The summed E-state index contributed by atoms with van der Waals surface area (Å²) >= 11 is 0. The van der Waals surface area contributed by atoms with Crippen LogP contribution in [0, 0.1) is 27.2 Å². The Bertz CT molecular complexity index is 1360. The summed E-state index contributed by atoms with van der Waals surface area (Å²) in [6.07, 6.45) is 3.84. The molecule has 1 spiro atoms. The van der Waals surface area contributed by atoms with Crippen molar-refractivity contribution in [2.75, 3.05) is 13.1 Å². The van der Waals surface area contributed by atoms with Crippen LogP contribution in [0.1, 0.15) is 57.5 Å². The number of piperidine rings is 1. The Morgan fingerprint density at radius 2 is 1.55 bits per heavy atom. The first-order chi connectivity index (χ1) is 18.2. The molecule has 38 heavy (non-hydrogen) atoms. The summed E-state index contributed by atoms with van der Waals surface area (Å²) < 4.78 is 27.3. The Hall–Kier alpha value is -4.14. The van der Waals surface area contributed by atoms with E-state index >= 15 is 0 Å². The molecule has 0 atom stereocenters. The second-order valence-corrected chi connectivity index (χ2v) is 10.3. The first-order valence-corrected chi connectivity index (χ1v) is 12.6. The topological polar surface area (TPSA) is 92.6 Å². The van der Waals surface area contributed by atoms with Crippen molar-refractivity contribution in [2.45, 2.75) is 38.1 Å². The van der Waals surface area contributed by atoms with Crippen LogP contribution in [0.5, 0.6) is 0 Å². The van der Waals surface area contributed by atoms with Crippen molar-refractivity contribution >= 4 is 17.5 Å². The molecule has 9 heteroatoms. The Balaban J connectivity index is 1.10. The molecule has 1 saturated carbocycles. The van der Waals surface area contributed by atoms with E-state index in [0.717, 1.165) is 55.0 Å². The highest BCUT2D eigenvalue weighted by atomic mass is 19.1. The fraction of sp³-hybridized carbons (Fsp3) is 0.310. The van der Waals surface area contributed by atoms with Gasteiger partial charge in [-0.1, -0.05) is 24.3 Å². The zero-order chi connectivity index (χ0) is 26.9. The van der Waals surface area contributed by atoms with Gasteiger partial charge in [-0.05, 0) is 79.0 Å². The van der Waals surface area contributed by atoms with Gasteiger partial charge in [-0.25, -0.2) is 8.78 Å². The van der Waals surface area contributed by atoms with E-state index in [1.807, 2.05) is 29.2 Å². The molecule has 3 aromatic carbocycles. The molecule has 196 valence electrons. The van der Waals surface area contributed by atoms with E-state index in [4.69, 9.17) is 0 Å². The van der Waals surface area contributed by atoms with E-state index in [2.05, 4.69) is 5.32 Å². The minimum Gasteiger partial charge on any atom is -0.349 e. The molecular weight excluding hydrogens is 492 g/mol. The molecule has 0 radical (unpaired) electrons. The normalized spacial score (nSPS) is 16.6. The molecule has 1 N–H and O–H groups in total. The zero-order valence-electron chi connectivity index (χ0n) is 20.7. The Morgan fingerprint density at radius 3 is 2.13 bits per heavy atom. The highest BCUT2D eigenvalue weighted by Gasteiger charge is 2.47. The van der Waals surface area contributed by atoms with Gasteiger partial charge >= 0.3 is 0 Å². The lowest BCUT2D eigenvalue weighted by atomic mass is 9.60. The SMILES string of the molecule is O=C(NC1CC2(CCN(C(=O)c3ccc(Cc4ccc(F)cc4)cc3)CC2)C1)c1ccc([N+](=O)[O-])cc1F. The molecule has 0 bridgehead atoms. The number of nitro benzene ring substituents is 1. The summed E-state index contributed by atoms with van der Waals surface area (Å²) in [6.45, 7) is 1.27. The number of benzene rings is 3. The third-order valence-electron chi connectivity index (χ3n) is 7.74. The highest BCUT2D eigenvalue weighted by molar-refractivity contribution is 5.95. The maximum Gasteiger partial charge on any atom is 0.272 e. The largest absolute Gasteiger partial charge is 0.349 e. The van der Waals surface area contributed by atoms with E-state index < -0.39 is 22.3 Å². The summed E-state index contributed by atoms with van der Waals surface area (Å²) in [5.74, 6) is -1.77. The van der Waals surface area contributed by atoms with Crippen LogP contribution >= 0.6 is 0 Å². The number of non-ortho nitro benzene ring substituents is 1. The molecule has 2 amide bonds. The number of hydrogen-bond acceptors (Lipinski definition) is 4. The maximum atomic E-state index is 14.2. The zero-order valence-corrected chi connectivity index (χ0v) is 20.7. The van der Waals surface area contributed by atoms with Crippen molar-refractivity contribution in [3.63, 3.8) is 0 Å². The van der Waals surface area contributed by atoms with E-state index in [-0.39, 0.29) is 28.7 Å². The molecule has 2 fully saturated rings. The van der Waals surface area contributed by atoms with Gasteiger partial charge in [-0.15, -0.1) is 0 Å². The van der Waals surface area contributed by atoms with Crippen molar-refractivity contribution in [2.24, 2.45) is 5.41 Å². The van der Waals surface area contributed by atoms with Gasteiger partial charge in [-0.2, -0.15) is 0 Å². The summed E-state index contributed by atoms with van der Waals surface area (Å²) in [5.41, 5.74) is 2.13. The number of amides is 2. The number of nitrogens with one attached hydrogen (secondary N) is 1. The summed E-state index contributed by atoms with van der Waals surface area (Å²) in [4.78, 5) is 37.4. The first-order valence-electron chi connectivity index (χ1n) is 12.6. The molecule has 1 heterocycles. The molecule has 1 aliphatic carbocycles. The van der Waals surface area contributed by atoms with E-state index in [1.165, 1.54) is 12.1 Å². The van der Waals surface area contributed by atoms with Crippen molar-refractivity contribution in [3.8, 4) is 0 Å². The Labute approximate surface area is 218 Å². The van der Waals surface area contributed by atoms with Gasteiger partial charge in [0.05, 0.1) is 16.6 Å². The van der Waals surface area contributed by atoms with Gasteiger partial charge in [0.25, 0.3) is 17.5 Å². The average molecular weight is 520 g/mol. The second kappa shape index (κ2) is 10.3. The van der Waals surface area contributed by atoms with Gasteiger partial charge in [0.2, 0.25) is 0 Å². The van der Waals surface area contributed by atoms with E-state index in [9.17, 15) is 28.5 Å². The lowest BCUT2D eigenvalue weighted by Gasteiger charge is -2.52. The van der Waals surface area contributed by atoms with Gasteiger partial charge in [0, 0.05) is 30.8 Å². The minimum atomic E-state index is -0.916. The lowest BCUT2D eigenvalue weighted by Crippen LogP contribution is -2.55. The van der Waals surface area contributed by atoms with Crippen molar-refractivity contribution < 1.29 is 23.3 Å². The number of halogens is 2. The number of nitrogens with zero attached hydrogens (tertiary/aromatic N) is 2. The lowest BCUT2D eigenvalue weighted by molar-refractivity contribution is -0.385. The number of carbonyl (C=O) groups is 2. The summed E-state index contributed by atoms with van der Waals surface area (Å²) in [5, 5.41) is 13.6. The van der Waals surface area contributed by atoms with Gasteiger partial charge < -0.3 is 10.2 Å². The predicted molar refractivity (Wildman–Crippen MR) is 137 cm³/mol. The van der Waals surface area contributed by atoms with Crippen molar-refractivity contribution in [3.05, 3.63) is 111 Å². The first kappa shape index (κ1) is 25.5. The molecule has 3 aromatic rings. The quantitative estimate of drug-likeness (QED) is 0.354. The molecule has 7 nitrogen and oxygen atoms in total. The molecule has 2 aliphatic rings. The Kier molecular flexibility index (Phi) is 6.93. The van der Waals surface area contributed by atoms with Crippen molar-refractivity contribution in [1.29, 1.82) is 0 Å². The number of nitro groups is 1.